The highest BCUT2D eigenvalue weighted by Crippen LogP contribution is 2.38. The van der Waals surface area contributed by atoms with Crippen LogP contribution in [0.25, 0.3) is 11.0 Å². The first-order valence-corrected chi connectivity index (χ1v) is 7.05. The molecule has 3 N–H and O–H groups in total. The predicted octanol–water partition coefficient (Wildman–Crippen LogP) is 2.92. The van der Waals surface area contributed by atoms with E-state index in [2.05, 4.69) is 23.6 Å². The van der Waals surface area contributed by atoms with Crippen molar-refractivity contribution in [3.63, 3.8) is 0 Å². The van der Waals surface area contributed by atoms with E-state index < -0.39 is 0 Å². The highest BCUT2D eigenvalue weighted by Gasteiger charge is 2.25. The van der Waals surface area contributed by atoms with Gasteiger partial charge >= 0.3 is 0 Å². The second-order valence-corrected chi connectivity index (χ2v) is 5.22. The van der Waals surface area contributed by atoms with E-state index >= 15 is 0 Å². The molecule has 0 spiro atoms. The molecule has 3 aromatic rings. The molecule has 4 nitrogen and oxygen atoms in total. The number of nitrogens with two attached hydrogens (primary N) is 1. The monoisotopic (exact) mass is 280 g/mol. The van der Waals surface area contributed by atoms with Crippen molar-refractivity contribution >= 4 is 11.0 Å². The van der Waals surface area contributed by atoms with Gasteiger partial charge in [0.15, 0.2) is 0 Å². The molecule has 1 unspecified atom stereocenters. The Morgan fingerprint density at radius 3 is 2.86 bits per heavy atom. The molecule has 2 heterocycles. The molecule has 1 atom stereocenters. The largest absolute Gasteiger partial charge is 0.493 e. The van der Waals surface area contributed by atoms with Crippen LogP contribution < -0.4 is 16.0 Å². The lowest BCUT2D eigenvalue weighted by Crippen LogP contribution is -2.29. The summed E-state index contributed by atoms with van der Waals surface area (Å²) < 4.78 is 11.4. The van der Waals surface area contributed by atoms with Crippen molar-refractivity contribution in [1.82, 2.24) is 5.43 Å². The Hall–Kier alpha value is -2.30. The molecule has 0 radical (unpaired) electrons. The first-order chi connectivity index (χ1) is 10.4. The maximum atomic E-state index is 5.83. The molecule has 1 aliphatic heterocycles. The summed E-state index contributed by atoms with van der Waals surface area (Å²) in [6.45, 7) is 0.732. The van der Waals surface area contributed by atoms with Gasteiger partial charge in [-0.2, -0.15) is 0 Å². The molecule has 0 aliphatic carbocycles. The van der Waals surface area contributed by atoms with Gasteiger partial charge in [-0.3, -0.25) is 5.84 Å². The Morgan fingerprint density at radius 1 is 1.05 bits per heavy atom. The average molecular weight is 280 g/mol. The van der Waals surface area contributed by atoms with E-state index in [1.54, 1.807) is 6.26 Å². The third-order valence-electron chi connectivity index (χ3n) is 4.04. The van der Waals surface area contributed by atoms with Crippen molar-refractivity contribution in [1.29, 1.82) is 0 Å². The molecule has 4 heteroatoms. The first-order valence-electron chi connectivity index (χ1n) is 7.05. The van der Waals surface area contributed by atoms with Crippen molar-refractivity contribution in [3.05, 3.63) is 65.4 Å². The number of furan rings is 1. The van der Waals surface area contributed by atoms with E-state index in [0.29, 0.717) is 0 Å². The number of rotatable bonds is 3. The summed E-state index contributed by atoms with van der Waals surface area (Å²) in [5.74, 6) is 6.78. The Kier molecular flexibility index (Phi) is 2.91. The Labute approximate surface area is 122 Å². The number of ether oxygens (including phenoxy) is 1. The molecule has 1 aliphatic rings. The van der Waals surface area contributed by atoms with Crippen LogP contribution in [0.1, 0.15) is 22.7 Å². The lowest BCUT2D eigenvalue weighted by Gasteiger charge is -2.18. The molecule has 0 fully saturated rings. The highest BCUT2D eigenvalue weighted by atomic mass is 16.5. The molecule has 4 rings (SSSR count). The minimum absolute atomic E-state index is 0.151. The summed E-state index contributed by atoms with van der Waals surface area (Å²) in [4.78, 5) is 0. The Bertz CT molecular complexity index is 794. The standard InChI is InChI=1S/C17H16N2O2/c18-19-16(13-6-3-4-11-8-9-20-17(11)13)14-10-21-15-7-2-1-5-12(14)15/h1-7,10,16,19H,8-9,18H2. The quantitative estimate of drug-likeness (QED) is 0.572. The molecular formula is C17H16N2O2. The van der Waals surface area contributed by atoms with E-state index in [9.17, 15) is 0 Å². The lowest BCUT2D eigenvalue weighted by molar-refractivity contribution is 0.350. The van der Waals surface area contributed by atoms with E-state index in [-0.39, 0.29) is 6.04 Å². The van der Waals surface area contributed by atoms with Gasteiger partial charge < -0.3 is 9.15 Å². The van der Waals surface area contributed by atoms with Crippen LogP contribution in [0.5, 0.6) is 5.75 Å². The molecule has 0 saturated carbocycles. The SMILES string of the molecule is NNC(c1cccc2c1OCC2)c1coc2ccccc12. The summed E-state index contributed by atoms with van der Waals surface area (Å²) in [5.41, 5.74) is 7.08. The van der Waals surface area contributed by atoms with Crippen LogP contribution in [0.3, 0.4) is 0 Å². The van der Waals surface area contributed by atoms with E-state index in [1.807, 2.05) is 24.3 Å². The normalized spacial score (nSPS) is 14.9. The minimum atomic E-state index is -0.151. The van der Waals surface area contributed by atoms with Crippen molar-refractivity contribution < 1.29 is 9.15 Å². The molecular weight excluding hydrogens is 264 g/mol. The maximum Gasteiger partial charge on any atom is 0.134 e. The summed E-state index contributed by atoms with van der Waals surface area (Å²) in [7, 11) is 0. The van der Waals surface area contributed by atoms with Crippen molar-refractivity contribution in [2.75, 3.05) is 6.61 Å². The fraction of sp³-hybridized carbons (Fsp3) is 0.176. The first kappa shape index (κ1) is 12.4. The molecule has 0 saturated heterocycles. The predicted molar refractivity (Wildman–Crippen MR) is 81.0 cm³/mol. The number of nitrogens with one attached hydrogen (secondary N) is 1. The molecule has 0 bridgehead atoms. The summed E-state index contributed by atoms with van der Waals surface area (Å²) in [6, 6.07) is 14.0. The molecule has 2 aromatic carbocycles. The van der Waals surface area contributed by atoms with Gasteiger partial charge in [-0.25, -0.2) is 5.43 Å². The fourth-order valence-corrected chi connectivity index (χ4v) is 3.04. The molecule has 106 valence electrons. The van der Waals surface area contributed by atoms with Crippen LogP contribution in [0.15, 0.2) is 53.1 Å². The maximum absolute atomic E-state index is 5.83. The smallest absolute Gasteiger partial charge is 0.134 e. The van der Waals surface area contributed by atoms with Crippen LogP contribution in [0, 0.1) is 0 Å². The van der Waals surface area contributed by atoms with Crippen LogP contribution in [0.4, 0.5) is 0 Å². The zero-order valence-electron chi connectivity index (χ0n) is 11.5. The number of para-hydroxylation sites is 2. The average Bonchev–Trinajstić information content (AvgIpc) is 3.15. The van der Waals surface area contributed by atoms with Gasteiger partial charge in [-0.15, -0.1) is 0 Å². The van der Waals surface area contributed by atoms with Gasteiger partial charge in [-0.1, -0.05) is 36.4 Å². The van der Waals surface area contributed by atoms with Crippen molar-refractivity contribution in [3.8, 4) is 5.75 Å². The van der Waals surface area contributed by atoms with Crippen LogP contribution in [-0.2, 0) is 6.42 Å². The summed E-state index contributed by atoms with van der Waals surface area (Å²) in [6.07, 6.45) is 2.72. The van der Waals surface area contributed by atoms with Gasteiger partial charge in [0.1, 0.15) is 11.3 Å². The lowest BCUT2D eigenvalue weighted by atomic mass is 9.96. The van der Waals surface area contributed by atoms with Crippen LogP contribution in [0.2, 0.25) is 0 Å². The molecule has 21 heavy (non-hydrogen) atoms. The zero-order valence-corrected chi connectivity index (χ0v) is 11.5. The second-order valence-electron chi connectivity index (χ2n) is 5.22. The number of hydrogen-bond acceptors (Lipinski definition) is 4. The number of hydrazine groups is 1. The number of hydrogen-bond donors (Lipinski definition) is 2. The topological polar surface area (TPSA) is 60.4 Å². The number of fused-ring (bicyclic) bond motifs is 2. The van der Waals surface area contributed by atoms with Gasteiger partial charge in [0.2, 0.25) is 0 Å². The van der Waals surface area contributed by atoms with Crippen LogP contribution >= 0.6 is 0 Å². The third-order valence-corrected chi connectivity index (χ3v) is 4.04. The fourth-order valence-electron chi connectivity index (χ4n) is 3.04. The van der Waals surface area contributed by atoms with E-state index in [4.69, 9.17) is 15.0 Å². The van der Waals surface area contributed by atoms with Crippen molar-refractivity contribution in [2.24, 2.45) is 5.84 Å². The zero-order chi connectivity index (χ0) is 14.2. The van der Waals surface area contributed by atoms with Gasteiger partial charge in [0, 0.05) is 22.9 Å². The Morgan fingerprint density at radius 2 is 1.95 bits per heavy atom. The van der Waals surface area contributed by atoms with Crippen LogP contribution in [-0.4, -0.2) is 6.61 Å². The minimum Gasteiger partial charge on any atom is -0.493 e. The summed E-state index contributed by atoms with van der Waals surface area (Å²) in [5, 5.41) is 1.07. The Balaban J connectivity index is 1.88. The van der Waals surface area contributed by atoms with E-state index in [0.717, 1.165) is 40.9 Å². The van der Waals surface area contributed by atoms with Crippen molar-refractivity contribution in [2.45, 2.75) is 12.5 Å². The van der Waals surface area contributed by atoms with Gasteiger partial charge in [0.25, 0.3) is 0 Å². The van der Waals surface area contributed by atoms with Gasteiger partial charge in [-0.05, 0) is 11.6 Å². The summed E-state index contributed by atoms with van der Waals surface area (Å²) >= 11 is 0. The van der Waals surface area contributed by atoms with Gasteiger partial charge in [0.05, 0.1) is 18.9 Å². The van der Waals surface area contributed by atoms with E-state index in [1.165, 1.54) is 5.56 Å². The number of benzene rings is 2. The molecule has 1 aromatic heterocycles. The second kappa shape index (κ2) is 4.91. The highest BCUT2D eigenvalue weighted by molar-refractivity contribution is 5.82. The third kappa shape index (κ3) is 1.92. The molecule has 0 amide bonds.